The van der Waals surface area contributed by atoms with E-state index in [-0.39, 0.29) is 11.4 Å². The molecule has 2 rings (SSSR count). The first-order valence-corrected chi connectivity index (χ1v) is 7.96. The SMILES string of the molecule is Cc1nn(CC(=O)O)c(C)c1S(=O)(=O)NCC1CC1C. The second-order valence-electron chi connectivity index (χ2n) is 5.38. The highest BCUT2D eigenvalue weighted by atomic mass is 32.2. The van der Waals surface area contributed by atoms with Crippen LogP contribution in [0.15, 0.2) is 4.90 Å². The highest BCUT2D eigenvalue weighted by Gasteiger charge is 2.34. The van der Waals surface area contributed by atoms with E-state index >= 15 is 0 Å². The first-order chi connectivity index (χ1) is 9.22. The van der Waals surface area contributed by atoms with Gasteiger partial charge in [-0.3, -0.25) is 9.48 Å². The molecule has 0 saturated heterocycles. The maximum Gasteiger partial charge on any atom is 0.325 e. The van der Waals surface area contributed by atoms with Crippen LogP contribution < -0.4 is 4.72 Å². The number of carboxylic acids is 1. The molecule has 2 N–H and O–H groups in total. The summed E-state index contributed by atoms with van der Waals surface area (Å²) in [6.45, 7) is 5.30. The van der Waals surface area contributed by atoms with Crippen LogP contribution in [0, 0.1) is 25.7 Å². The minimum Gasteiger partial charge on any atom is -0.480 e. The van der Waals surface area contributed by atoms with Gasteiger partial charge in [-0.25, -0.2) is 13.1 Å². The Morgan fingerprint density at radius 2 is 2.10 bits per heavy atom. The third-order valence-electron chi connectivity index (χ3n) is 3.68. The molecule has 0 radical (unpaired) electrons. The van der Waals surface area contributed by atoms with E-state index in [9.17, 15) is 13.2 Å². The van der Waals surface area contributed by atoms with Crippen molar-refractivity contribution in [3.63, 3.8) is 0 Å². The van der Waals surface area contributed by atoms with Gasteiger partial charge in [0.1, 0.15) is 11.4 Å². The van der Waals surface area contributed by atoms with Crippen molar-refractivity contribution in [2.75, 3.05) is 6.54 Å². The van der Waals surface area contributed by atoms with Crippen molar-refractivity contribution in [3.8, 4) is 0 Å². The number of hydrogen-bond acceptors (Lipinski definition) is 4. The number of carboxylic acid groups (broad SMARTS) is 1. The standard InChI is InChI=1S/C12H19N3O4S/c1-7-4-10(7)5-13-20(18,19)12-8(2)14-15(9(12)3)6-11(16)17/h7,10,13H,4-6H2,1-3H3,(H,16,17). The van der Waals surface area contributed by atoms with E-state index in [4.69, 9.17) is 5.11 Å². The van der Waals surface area contributed by atoms with Gasteiger partial charge in [-0.05, 0) is 32.1 Å². The number of sulfonamides is 1. The molecule has 1 fully saturated rings. The van der Waals surface area contributed by atoms with Gasteiger partial charge in [-0.2, -0.15) is 5.10 Å². The summed E-state index contributed by atoms with van der Waals surface area (Å²) in [6, 6.07) is 0. The molecule has 20 heavy (non-hydrogen) atoms. The zero-order chi connectivity index (χ0) is 15.1. The third-order valence-corrected chi connectivity index (χ3v) is 5.36. The molecule has 0 aliphatic heterocycles. The van der Waals surface area contributed by atoms with Crippen molar-refractivity contribution in [2.24, 2.45) is 11.8 Å². The van der Waals surface area contributed by atoms with Crippen molar-refractivity contribution in [1.82, 2.24) is 14.5 Å². The Kier molecular flexibility index (Phi) is 3.88. The van der Waals surface area contributed by atoms with E-state index in [0.717, 1.165) is 6.42 Å². The van der Waals surface area contributed by atoms with Crippen molar-refractivity contribution in [3.05, 3.63) is 11.4 Å². The minimum absolute atomic E-state index is 0.0899. The van der Waals surface area contributed by atoms with E-state index in [0.29, 0.717) is 29.8 Å². The predicted molar refractivity (Wildman–Crippen MR) is 71.8 cm³/mol. The minimum atomic E-state index is -3.64. The molecule has 7 nitrogen and oxygen atoms in total. The number of carbonyl (C=O) groups is 1. The first kappa shape index (κ1) is 15.0. The molecule has 0 bridgehead atoms. The second-order valence-corrected chi connectivity index (χ2v) is 7.08. The van der Waals surface area contributed by atoms with E-state index in [2.05, 4.69) is 16.7 Å². The molecule has 1 heterocycles. The maximum absolute atomic E-state index is 12.3. The molecular formula is C12H19N3O4S. The number of aryl methyl sites for hydroxylation is 1. The van der Waals surface area contributed by atoms with E-state index in [1.54, 1.807) is 13.8 Å². The number of aliphatic carboxylic acids is 1. The van der Waals surface area contributed by atoms with Gasteiger partial charge in [-0.1, -0.05) is 6.92 Å². The second kappa shape index (κ2) is 5.17. The summed E-state index contributed by atoms with van der Waals surface area (Å²) < 4.78 is 28.4. The number of rotatable bonds is 6. The summed E-state index contributed by atoms with van der Waals surface area (Å²) in [5.74, 6) is -0.0895. The fraction of sp³-hybridized carbons (Fsp3) is 0.667. The lowest BCUT2D eigenvalue weighted by molar-refractivity contribution is -0.137. The molecule has 1 saturated carbocycles. The average Bonchev–Trinajstić information content (AvgIpc) is 2.93. The van der Waals surface area contributed by atoms with Crippen LogP contribution in [0.3, 0.4) is 0 Å². The molecule has 112 valence electrons. The monoisotopic (exact) mass is 301 g/mol. The lowest BCUT2D eigenvalue weighted by Crippen LogP contribution is -2.27. The Labute approximate surface area is 118 Å². The van der Waals surface area contributed by atoms with Crippen LogP contribution in [-0.2, 0) is 21.4 Å². The van der Waals surface area contributed by atoms with Gasteiger partial charge < -0.3 is 5.11 Å². The molecule has 2 unspecified atom stereocenters. The van der Waals surface area contributed by atoms with Crippen LogP contribution >= 0.6 is 0 Å². The summed E-state index contributed by atoms with van der Waals surface area (Å²) in [6.07, 6.45) is 1.04. The predicted octanol–water partition coefficient (Wildman–Crippen LogP) is 0.519. The lowest BCUT2D eigenvalue weighted by atomic mass is 10.3. The fourth-order valence-corrected chi connectivity index (χ4v) is 3.83. The molecule has 1 aromatic rings. The molecule has 1 aliphatic carbocycles. The highest BCUT2D eigenvalue weighted by Crippen LogP contribution is 2.37. The summed E-state index contributed by atoms with van der Waals surface area (Å²) >= 11 is 0. The largest absolute Gasteiger partial charge is 0.480 e. The van der Waals surface area contributed by atoms with Crippen LogP contribution in [0.2, 0.25) is 0 Å². The summed E-state index contributed by atoms with van der Waals surface area (Å²) in [4.78, 5) is 10.8. The maximum atomic E-state index is 12.3. The third kappa shape index (κ3) is 3.01. The van der Waals surface area contributed by atoms with E-state index in [1.165, 1.54) is 4.68 Å². The molecule has 1 aromatic heterocycles. The van der Waals surface area contributed by atoms with Crippen LogP contribution in [0.5, 0.6) is 0 Å². The number of nitrogens with zero attached hydrogens (tertiary/aromatic N) is 2. The fourth-order valence-electron chi connectivity index (χ4n) is 2.32. The van der Waals surface area contributed by atoms with Crippen LogP contribution in [0.1, 0.15) is 24.7 Å². The Morgan fingerprint density at radius 1 is 1.50 bits per heavy atom. The topological polar surface area (TPSA) is 101 Å². The van der Waals surface area contributed by atoms with Crippen molar-refractivity contribution in [1.29, 1.82) is 0 Å². The van der Waals surface area contributed by atoms with Crippen LogP contribution in [0.25, 0.3) is 0 Å². The van der Waals surface area contributed by atoms with Gasteiger partial charge in [0.2, 0.25) is 10.0 Å². The zero-order valence-electron chi connectivity index (χ0n) is 11.8. The quantitative estimate of drug-likeness (QED) is 0.797. The Bertz CT molecular complexity index is 635. The number of nitrogens with one attached hydrogen (secondary N) is 1. The van der Waals surface area contributed by atoms with Gasteiger partial charge in [0.15, 0.2) is 0 Å². The van der Waals surface area contributed by atoms with Gasteiger partial charge in [0, 0.05) is 6.54 Å². The lowest BCUT2D eigenvalue weighted by Gasteiger charge is -2.07. The molecule has 8 heteroatoms. The Hall–Kier alpha value is -1.41. The van der Waals surface area contributed by atoms with Crippen molar-refractivity contribution >= 4 is 16.0 Å². The smallest absolute Gasteiger partial charge is 0.325 e. The summed E-state index contributed by atoms with van der Waals surface area (Å²) in [5, 5.41) is 12.8. The summed E-state index contributed by atoms with van der Waals surface area (Å²) in [5.41, 5.74) is 0.668. The molecule has 2 atom stereocenters. The highest BCUT2D eigenvalue weighted by molar-refractivity contribution is 7.89. The number of hydrogen-bond donors (Lipinski definition) is 2. The molecule has 1 aliphatic rings. The average molecular weight is 301 g/mol. The molecule has 0 aromatic carbocycles. The van der Waals surface area contributed by atoms with Crippen LogP contribution in [0.4, 0.5) is 0 Å². The van der Waals surface area contributed by atoms with Gasteiger partial charge in [0.05, 0.1) is 11.4 Å². The van der Waals surface area contributed by atoms with Crippen molar-refractivity contribution in [2.45, 2.75) is 38.6 Å². The molecule has 0 amide bonds. The van der Waals surface area contributed by atoms with Gasteiger partial charge >= 0.3 is 5.97 Å². The zero-order valence-corrected chi connectivity index (χ0v) is 12.6. The Balaban J connectivity index is 2.22. The van der Waals surface area contributed by atoms with Crippen molar-refractivity contribution < 1.29 is 18.3 Å². The normalized spacial score (nSPS) is 21.9. The first-order valence-electron chi connectivity index (χ1n) is 6.48. The van der Waals surface area contributed by atoms with E-state index in [1.807, 2.05) is 0 Å². The number of aromatic nitrogens is 2. The van der Waals surface area contributed by atoms with E-state index < -0.39 is 16.0 Å². The molecule has 0 spiro atoms. The Morgan fingerprint density at radius 3 is 2.60 bits per heavy atom. The van der Waals surface area contributed by atoms with Crippen LogP contribution in [-0.4, -0.2) is 35.8 Å². The summed E-state index contributed by atoms with van der Waals surface area (Å²) in [7, 11) is -3.64. The van der Waals surface area contributed by atoms with Gasteiger partial charge in [-0.15, -0.1) is 0 Å². The van der Waals surface area contributed by atoms with Gasteiger partial charge in [0.25, 0.3) is 0 Å². The molecular weight excluding hydrogens is 282 g/mol.